The van der Waals surface area contributed by atoms with Gasteiger partial charge in [0.1, 0.15) is 6.61 Å². The van der Waals surface area contributed by atoms with Crippen LogP contribution in [0.4, 0.5) is 0 Å². The highest BCUT2D eigenvalue weighted by molar-refractivity contribution is 5.90. The van der Waals surface area contributed by atoms with Gasteiger partial charge < -0.3 is 14.6 Å². The van der Waals surface area contributed by atoms with Crippen LogP contribution in [0.5, 0.6) is 0 Å². The van der Waals surface area contributed by atoms with Crippen molar-refractivity contribution in [2.45, 2.75) is 13.3 Å². The Bertz CT molecular complexity index is 272. The van der Waals surface area contributed by atoms with E-state index in [2.05, 4.69) is 0 Å². The first-order chi connectivity index (χ1) is 7.08. The molecule has 0 bridgehead atoms. The second-order valence-corrected chi connectivity index (χ2v) is 3.63. The molecular formula is C10H14O5. The Morgan fingerprint density at radius 2 is 2.13 bits per heavy atom. The van der Waals surface area contributed by atoms with Gasteiger partial charge in [-0.05, 0) is 6.42 Å². The third-order valence-electron chi connectivity index (χ3n) is 2.45. The first-order valence-corrected chi connectivity index (χ1v) is 4.73. The van der Waals surface area contributed by atoms with Crippen LogP contribution in [0.25, 0.3) is 0 Å². The van der Waals surface area contributed by atoms with Crippen LogP contribution in [0.3, 0.4) is 0 Å². The molecule has 84 valence electrons. The van der Waals surface area contributed by atoms with Crippen LogP contribution >= 0.6 is 0 Å². The predicted octanol–water partition coefficient (Wildman–Crippen LogP) is 0.597. The summed E-state index contributed by atoms with van der Waals surface area (Å²) in [5.41, 5.74) is -0.0628. The van der Waals surface area contributed by atoms with Crippen molar-refractivity contribution in [3.05, 3.63) is 12.2 Å². The van der Waals surface area contributed by atoms with Gasteiger partial charge in [-0.1, -0.05) is 6.92 Å². The lowest BCUT2D eigenvalue weighted by atomic mass is 9.84. The van der Waals surface area contributed by atoms with Gasteiger partial charge in [0, 0.05) is 12.2 Å². The van der Waals surface area contributed by atoms with Crippen molar-refractivity contribution in [3.63, 3.8) is 0 Å². The number of carbonyl (C=O) groups is 2. The van der Waals surface area contributed by atoms with Gasteiger partial charge in [-0.2, -0.15) is 0 Å². The van der Waals surface area contributed by atoms with Crippen molar-refractivity contribution < 1.29 is 24.2 Å². The summed E-state index contributed by atoms with van der Waals surface area (Å²) in [5, 5.41) is 8.28. The number of esters is 1. The Morgan fingerprint density at radius 3 is 2.53 bits per heavy atom. The molecule has 0 amide bonds. The lowest BCUT2D eigenvalue weighted by molar-refractivity contribution is -0.166. The Morgan fingerprint density at radius 1 is 1.47 bits per heavy atom. The van der Waals surface area contributed by atoms with Crippen molar-refractivity contribution in [1.82, 2.24) is 0 Å². The number of hydrogen-bond donors (Lipinski definition) is 1. The van der Waals surface area contributed by atoms with Gasteiger partial charge in [-0.15, -0.1) is 0 Å². The fourth-order valence-electron chi connectivity index (χ4n) is 1.19. The minimum absolute atomic E-state index is 0.0628. The summed E-state index contributed by atoms with van der Waals surface area (Å²) in [7, 11) is 0. The van der Waals surface area contributed by atoms with Crippen LogP contribution < -0.4 is 0 Å². The average Bonchev–Trinajstić information content (AvgIpc) is 2.14. The lowest BCUT2D eigenvalue weighted by Crippen LogP contribution is -2.46. The first-order valence-electron chi connectivity index (χ1n) is 4.73. The maximum absolute atomic E-state index is 11.0. The third kappa shape index (κ3) is 3.36. The molecule has 0 atom stereocenters. The van der Waals surface area contributed by atoms with E-state index in [1.165, 1.54) is 0 Å². The molecule has 1 rings (SSSR count). The molecular weight excluding hydrogens is 200 g/mol. The van der Waals surface area contributed by atoms with Crippen LogP contribution in [0.15, 0.2) is 12.2 Å². The summed E-state index contributed by atoms with van der Waals surface area (Å²) < 4.78 is 9.98. The number of aliphatic carboxylic acids is 1. The van der Waals surface area contributed by atoms with E-state index in [4.69, 9.17) is 14.6 Å². The second kappa shape index (κ2) is 4.93. The van der Waals surface area contributed by atoms with Gasteiger partial charge in [-0.3, -0.25) is 0 Å². The van der Waals surface area contributed by atoms with E-state index in [0.29, 0.717) is 13.2 Å². The lowest BCUT2D eigenvalue weighted by Gasteiger charge is -2.39. The van der Waals surface area contributed by atoms with Gasteiger partial charge in [0.15, 0.2) is 0 Å². The first kappa shape index (κ1) is 11.7. The number of carboxylic acids is 1. The largest absolute Gasteiger partial charge is 0.478 e. The molecule has 1 saturated heterocycles. The monoisotopic (exact) mass is 214 g/mol. The highest BCUT2D eigenvalue weighted by Crippen LogP contribution is 2.31. The second-order valence-electron chi connectivity index (χ2n) is 3.63. The zero-order valence-corrected chi connectivity index (χ0v) is 8.56. The predicted molar refractivity (Wildman–Crippen MR) is 51.3 cm³/mol. The number of rotatable bonds is 5. The number of ether oxygens (including phenoxy) is 2. The summed E-state index contributed by atoms with van der Waals surface area (Å²) in [5.74, 6) is -1.79. The summed E-state index contributed by atoms with van der Waals surface area (Å²) in [6.07, 6.45) is 2.55. The van der Waals surface area contributed by atoms with Crippen LogP contribution in [-0.4, -0.2) is 36.9 Å². The van der Waals surface area contributed by atoms with Crippen molar-refractivity contribution in [3.8, 4) is 0 Å². The summed E-state index contributed by atoms with van der Waals surface area (Å²) in [6.45, 7) is 3.48. The van der Waals surface area contributed by atoms with E-state index in [0.717, 1.165) is 18.6 Å². The van der Waals surface area contributed by atoms with Gasteiger partial charge in [-0.25, -0.2) is 9.59 Å². The maximum Gasteiger partial charge on any atom is 0.331 e. The van der Waals surface area contributed by atoms with Crippen LogP contribution in [0.2, 0.25) is 0 Å². The smallest absolute Gasteiger partial charge is 0.331 e. The molecule has 0 saturated carbocycles. The molecule has 0 aromatic rings. The fraction of sp³-hybridized carbons (Fsp3) is 0.600. The van der Waals surface area contributed by atoms with Crippen molar-refractivity contribution in [2.24, 2.45) is 5.41 Å². The summed E-state index contributed by atoms with van der Waals surface area (Å²) >= 11 is 0. The van der Waals surface area contributed by atoms with Crippen LogP contribution in [0.1, 0.15) is 13.3 Å². The summed E-state index contributed by atoms with van der Waals surface area (Å²) in [4.78, 5) is 21.2. The maximum atomic E-state index is 11.0. The number of carboxylic acid groups (broad SMARTS) is 1. The highest BCUT2D eigenvalue weighted by Gasteiger charge is 2.37. The molecule has 5 heteroatoms. The van der Waals surface area contributed by atoms with E-state index < -0.39 is 11.9 Å². The average molecular weight is 214 g/mol. The minimum Gasteiger partial charge on any atom is -0.478 e. The quantitative estimate of drug-likeness (QED) is 0.535. The molecule has 0 unspecified atom stereocenters. The van der Waals surface area contributed by atoms with Gasteiger partial charge >= 0.3 is 11.9 Å². The number of carbonyl (C=O) groups excluding carboxylic acids is 1. The molecule has 0 aromatic heterocycles. The normalized spacial score (nSPS) is 18.5. The topological polar surface area (TPSA) is 72.8 Å². The summed E-state index contributed by atoms with van der Waals surface area (Å²) in [6, 6.07) is 0. The Kier molecular flexibility index (Phi) is 3.85. The Balaban J connectivity index is 2.30. The number of hydrogen-bond acceptors (Lipinski definition) is 4. The van der Waals surface area contributed by atoms with Crippen LogP contribution in [-0.2, 0) is 19.1 Å². The highest BCUT2D eigenvalue weighted by atomic mass is 16.5. The molecule has 0 radical (unpaired) electrons. The van der Waals surface area contributed by atoms with E-state index in [1.54, 1.807) is 0 Å². The molecule has 1 aliphatic rings. The molecule has 1 heterocycles. The molecule has 0 aliphatic carbocycles. The molecule has 1 N–H and O–H groups in total. The molecule has 5 nitrogen and oxygen atoms in total. The van der Waals surface area contributed by atoms with Gasteiger partial charge in [0.25, 0.3) is 0 Å². The SMILES string of the molecule is CCC1(COC(=O)/C=C\C(=O)O)COC1. The minimum atomic E-state index is -1.16. The Labute approximate surface area is 87.7 Å². The Hall–Kier alpha value is -1.36. The molecule has 0 spiro atoms. The zero-order chi connectivity index (χ0) is 11.3. The molecule has 1 aliphatic heterocycles. The van der Waals surface area contributed by atoms with Crippen LogP contribution in [0, 0.1) is 5.41 Å². The standard InChI is InChI=1S/C10H14O5/c1-2-10(5-14-6-10)7-15-9(13)4-3-8(11)12/h3-4H,2,5-7H2,1H3,(H,11,12)/b4-3-. The van der Waals surface area contributed by atoms with Crippen molar-refractivity contribution in [2.75, 3.05) is 19.8 Å². The molecule has 1 fully saturated rings. The third-order valence-corrected chi connectivity index (χ3v) is 2.45. The van der Waals surface area contributed by atoms with E-state index in [-0.39, 0.29) is 12.0 Å². The van der Waals surface area contributed by atoms with Gasteiger partial charge in [0.2, 0.25) is 0 Å². The van der Waals surface area contributed by atoms with E-state index >= 15 is 0 Å². The van der Waals surface area contributed by atoms with Gasteiger partial charge in [0.05, 0.1) is 18.6 Å². The fourth-order valence-corrected chi connectivity index (χ4v) is 1.19. The molecule has 15 heavy (non-hydrogen) atoms. The zero-order valence-electron chi connectivity index (χ0n) is 8.56. The van der Waals surface area contributed by atoms with E-state index in [1.807, 2.05) is 6.92 Å². The van der Waals surface area contributed by atoms with Crippen molar-refractivity contribution >= 4 is 11.9 Å². The molecule has 0 aromatic carbocycles. The van der Waals surface area contributed by atoms with Crippen molar-refractivity contribution in [1.29, 1.82) is 0 Å². The van der Waals surface area contributed by atoms with E-state index in [9.17, 15) is 9.59 Å².